The number of ether oxygens (including phenoxy) is 1. The molecule has 0 spiro atoms. The summed E-state index contributed by atoms with van der Waals surface area (Å²) < 4.78 is 62.5. The van der Waals surface area contributed by atoms with E-state index in [2.05, 4.69) is 4.90 Å². The zero-order chi connectivity index (χ0) is 27.3. The van der Waals surface area contributed by atoms with Gasteiger partial charge in [0.1, 0.15) is 11.5 Å². The molecule has 2 aliphatic rings. The number of sulfonamides is 1. The van der Waals surface area contributed by atoms with E-state index in [0.29, 0.717) is 58.1 Å². The summed E-state index contributed by atoms with van der Waals surface area (Å²) in [5.41, 5.74) is 1.64. The second-order valence-corrected chi connectivity index (χ2v) is 13.7. The summed E-state index contributed by atoms with van der Waals surface area (Å²) in [6.45, 7) is 4.09. The van der Waals surface area contributed by atoms with Gasteiger partial charge in [-0.25, -0.2) is 8.42 Å². The minimum absolute atomic E-state index is 0.00299. The highest BCUT2D eigenvalue weighted by molar-refractivity contribution is 7.88. The Balaban J connectivity index is 1.10. The number of hydrogen-bond acceptors (Lipinski definition) is 6. The van der Waals surface area contributed by atoms with Crippen LogP contribution in [0.25, 0.3) is 0 Å². The Morgan fingerprint density at radius 3 is 2.00 bits per heavy atom. The van der Waals surface area contributed by atoms with Gasteiger partial charge in [0.15, 0.2) is 0 Å². The molecule has 0 amide bonds. The molecule has 0 unspecified atom stereocenters. The standard InChI is InChI=1S/C28H34N4O5S2/c33-38(34,24-25-8-3-1-4-9-25)30-17-14-29(15-18-30)16-19-31-20-21-32(39(31,35)36)23-26-10-7-13-28(22-26)37-27-11-5-2-6-12-27/h1-13,22H,14-21,23-24H2. The molecule has 2 fully saturated rings. The molecular formula is C28H34N4O5S2. The van der Waals surface area contributed by atoms with Gasteiger partial charge < -0.3 is 4.74 Å². The SMILES string of the molecule is O=S(=O)(Cc1ccccc1)N1CCN(CCN2CCN(Cc3cccc(Oc4ccccc4)c3)S2(=O)=O)CC1. The van der Waals surface area contributed by atoms with Gasteiger partial charge >= 0.3 is 0 Å². The third kappa shape index (κ3) is 7.05. The first-order chi connectivity index (χ1) is 18.8. The maximum Gasteiger partial charge on any atom is 0.282 e. The van der Waals surface area contributed by atoms with Crippen molar-refractivity contribution in [2.75, 3.05) is 52.4 Å². The van der Waals surface area contributed by atoms with E-state index in [4.69, 9.17) is 4.74 Å². The van der Waals surface area contributed by atoms with Crippen molar-refractivity contribution >= 4 is 20.2 Å². The van der Waals surface area contributed by atoms with Crippen LogP contribution in [-0.2, 0) is 32.5 Å². The van der Waals surface area contributed by atoms with Crippen molar-refractivity contribution in [3.05, 3.63) is 96.1 Å². The summed E-state index contributed by atoms with van der Waals surface area (Å²) in [7, 11) is -6.96. The van der Waals surface area contributed by atoms with E-state index >= 15 is 0 Å². The molecule has 0 saturated carbocycles. The first-order valence-corrected chi connectivity index (χ1v) is 16.1. The van der Waals surface area contributed by atoms with Crippen LogP contribution in [0.4, 0.5) is 0 Å². The molecule has 0 aromatic heterocycles. The summed E-state index contributed by atoms with van der Waals surface area (Å²) in [6, 6.07) is 26.2. The maximum atomic E-state index is 13.2. The third-order valence-corrected chi connectivity index (χ3v) is 10.9. The molecule has 9 nitrogen and oxygen atoms in total. The van der Waals surface area contributed by atoms with Crippen LogP contribution in [0, 0.1) is 0 Å². The van der Waals surface area contributed by atoms with E-state index in [1.54, 1.807) is 4.31 Å². The Hall–Kier alpha value is -2.80. The van der Waals surface area contributed by atoms with E-state index in [1.807, 2.05) is 84.9 Å². The molecule has 0 atom stereocenters. The van der Waals surface area contributed by atoms with Crippen molar-refractivity contribution in [1.29, 1.82) is 0 Å². The summed E-state index contributed by atoms with van der Waals surface area (Å²) in [5.74, 6) is 1.39. The van der Waals surface area contributed by atoms with E-state index in [-0.39, 0.29) is 12.3 Å². The molecule has 2 saturated heterocycles. The van der Waals surface area contributed by atoms with Gasteiger partial charge in [-0.05, 0) is 35.4 Å². The highest BCUT2D eigenvalue weighted by Gasteiger charge is 2.36. The first-order valence-electron chi connectivity index (χ1n) is 13.1. The molecule has 0 bridgehead atoms. The quantitative estimate of drug-likeness (QED) is 0.372. The van der Waals surface area contributed by atoms with Crippen LogP contribution >= 0.6 is 0 Å². The lowest BCUT2D eigenvalue weighted by atomic mass is 10.2. The van der Waals surface area contributed by atoms with Crippen LogP contribution in [0.15, 0.2) is 84.9 Å². The number of para-hydroxylation sites is 1. The molecule has 0 radical (unpaired) electrons. The van der Waals surface area contributed by atoms with E-state index in [9.17, 15) is 16.8 Å². The van der Waals surface area contributed by atoms with Gasteiger partial charge in [0, 0.05) is 58.9 Å². The molecule has 5 rings (SSSR count). The number of benzene rings is 3. The molecule has 208 valence electrons. The van der Waals surface area contributed by atoms with Crippen LogP contribution in [0.5, 0.6) is 11.5 Å². The predicted molar refractivity (Wildman–Crippen MR) is 151 cm³/mol. The molecule has 3 aromatic carbocycles. The predicted octanol–water partition coefficient (Wildman–Crippen LogP) is 2.99. The number of nitrogens with zero attached hydrogens (tertiary/aromatic N) is 4. The molecule has 2 aliphatic heterocycles. The first kappa shape index (κ1) is 27.8. The lowest BCUT2D eigenvalue weighted by molar-refractivity contribution is 0.180. The highest BCUT2D eigenvalue weighted by atomic mass is 32.2. The number of rotatable bonds is 10. The fourth-order valence-electron chi connectivity index (χ4n) is 4.90. The fraction of sp³-hybridized carbons (Fsp3) is 0.357. The summed E-state index contributed by atoms with van der Waals surface area (Å²) in [4.78, 5) is 2.14. The van der Waals surface area contributed by atoms with Crippen LogP contribution in [0.2, 0.25) is 0 Å². The fourth-order valence-corrected chi connectivity index (χ4v) is 7.99. The average molecular weight is 571 g/mol. The normalized spacial score (nSPS) is 19.3. The van der Waals surface area contributed by atoms with Gasteiger partial charge in [-0.3, -0.25) is 4.90 Å². The Kier molecular flexibility index (Phi) is 8.65. The summed E-state index contributed by atoms with van der Waals surface area (Å²) >= 11 is 0. The lowest BCUT2D eigenvalue weighted by Crippen LogP contribution is -2.50. The Morgan fingerprint density at radius 1 is 0.667 bits per heavy atom. The maximum absolute atomic E-state index is 13.2. The van der Waals surface area contributed by atoms with Gasteiger partial charge in [-0.2, -0.15) is 21.3 Å². The van der Waals surface area contributed by atoms with Crippen molar-refractivity contribution in [3.63, 3.8) is 0 Å². The number of piperazine rings is 1. The molecule has 11 heteroatoms. The zero-order valence-electron chi connectivity index (χ0n) is 21.8. The van der Waals surface area contributed by atoms with E-state index in [0.717, 1.165) is 16.9 Å². The topological polar surface area (TPSA) is 90.5 Å². The van der Waals surface area contributed by atoms with Crippen molar-refractivity contribution in [1.82, 2.24) is 17.8 Å². The lowest BCUT2D eigenvalue weighted by Gasteiger charge is -2.34. The van der Waals surface area contributed by atoms with Crippen molar-refractivity contribution in [3.8, 4) is 11.5 Å². The average Bonchev–Trinajstić information content (AvgIpc) is 3.21. The van der Waals surface area contributed by atoms with Crippen molar-refractivity contribution in [2.24, 2.45) is 0 Å². The molecular weight excluding hydrogens is 536 g/mol. The van der Waals surface area contributed by atoms with Crippen LogP contribution in [0.1, 0.15) is 11.1 Å². The number of hydrogen-bond donors (Lipinski definition) is 0. The Labute approximate surface area is 231 Å². The van der Waals surface area contributed by atoms with Gasteiger partial charge in [-0.1, -0.05) is 60.7 Å². The molecule has 3 aromatic rings. The third-order valence-electron chi connectivity index (χ3n) is 7.07. The minimum Gasteiger partial charge on any atom is -0.457 e. The van der Waals surface area contributed by atoms with Crippen molar-refractivity contribution < 1.29 is 21.6 Å². The summed E-state index contributed by atoms with van der Waals surface area (Å²) in [5, 5.41) is 0. The van der Waals surface area contributed by atoms with Crippen LogP contribution in [0.3, 0.4) is 0 Å². The second kappa shape index (κ2) is 12.2. The summed E-state index contributed by atoms with van der Waals surface area (Å²) in [6.07, 6.45) is 0. The van der Waals surface area contributed by atoms with Gasteiger partial charge in [0.2, 0.25) is 10.0 Å². The highest BCUT2D eigenvalue weighted by Crippen LogP contribution is 2.25. The van der Waals surface area contributed by atoms with Gasteiger partial charge in [-0.15, -0.1) is 0 Å². The second-order valence-electron chi connectivity index (χ2n) is 9.79. The van der Waals surface area contributed by atoms with Gasteiger partial charge in [0.05, 0.1) is 5.75 Å². The van der Waals surface area contributed by atoms with E-state index < -0.39 is 20.2 Å². The largest absolute Gasteiger partial charge is 0.457 e. The van der Waals surface area contributed by atoms with E-state index in [1.165, 1.54) is 8.61 Å². The Morgan fingerprint density at radius 2 is 1.28 bits per heavy atom. The Bertz CT molecular complexity index is 1450. The minimum atomic E-state index is -3.57. The smallest absolute Gasteiger partial charge is 0.282 e. The molecule has 0 aliphatic carbocycles. The zero-order valence-corrected chi connectivity index (χ0v) is 23.4. The van der Waals surface area contributed by atoms with Gasteiger partial charge in [0.25, 0.3) is 10.2 Å². The van der Waals surface area contributed by atoms with Crippen LogP contribution in [-0.4, -0.2) is 87.0 Å². The molecule has 39 heavy (non-hydrogen) atoms. The van der Waals surface area contributed by atoms with Crippen molar-refractivity contribution in [2.45, 2.75) is 12.3 Å². The monoisotopic (exact) mass is 570 g/mol. The molecule has 0 N–H and O–H groups in total. The molecule has 2 heterocycles. The van der Waals surface area contributed by atoms with Crippen LogP contribution < -0.4 is 4.74 Å².